The van der Waals surface area contributed by atoms with Gasteiger partial charge in [0.25, 0.3) is 5.91 Å². The maximum atomic E-state index is 13.3. The van der Waals surface area contributed by atoms with Gasteiger partial charge in [-0.25, -0.2) is 5.06 Å². The van der Waals surface area contributed by atoms with E-state index in [-0.39, 0.29) is 17.2 Å². The second-order valence-electron chi connectivity index (χ2n) is 9.22. The van der Waals surface area contributed by atoms with E-state index >= 15 is 0 Å². The molecule has 1 amide bonds. The van der Waals surface area contributed by atoms with Gasteiger partial charge in [0.1, 0.15) is 0 Å². The summed E-state index contributed by atoms with van der Waals surface area (Å²) in [6.07, 6.45) is 0.515. The van der Waals surface area contributed by atoms with Gasteiger partial charge in [-0.3, -0.25) is 9.63 Å². The first-order valence-electron chi connectivity index (χ1n) is 10.1. The minimum Gasteiger partial charge on any atom is -0.405 e. The van der Waals surface area contributed by atoms with Crippen molar-refractivity contribution in [1.29, 1.82) is 0 Å². The molecule has 0 aliphatic carbocycles. The Bertz CT molecular complexity index is 602. The summed E-state index contributed by atoms with van der Waals surface area (Å²) >= 11 is 0. The average molecular weight is 410 g/mol. The van der Waals surface area contributed by atoms with Crippen LogP contribution < -0.4 is 0 Å². The minimum absolute atomic E-state index is 0.111. The Kier molecular flexibility index (Phi) is 9.34. The lowest BCUT2D eigenvalue weighted by Gasteiger charge is -2.43. The fourth-order valence-electron chi connectivity index (χ4n) is 3.82. The van der Waals surface area contributed by atoms with Crippen LogP contribution in [0, 0.1) is 11.3 Å². The maximum absolute atomic E-state index is 13.3. The fraction of sp³-hybridized carbons (Fsp3) is 0.682. The van der Waals surface area contributed by atoms with Crippen LogP contribution in [0.2, 0.25) is 13.1 Å². The van der Waals surface area contributed by atoms with Gasteiger partial charge in [0, 0.05) is 7.05 Å². The Balaban J connectivity index is 3.25. The SMILES string of the molecule is CON(C)C(=O)C(C)(O[SiH](C)C)C(OCc1ccccc1)C(C)CC(C)(C)C. The number of likely N-dealkylation sites (N-methyl/N-ethyl adjacent to an activating group) is 1. The summed E-state index contributed by atoms with van der Waals surface area (Å²) in [6, 6.07) is 10.0. The molecule has 160 valence electrons. The Hall–Kier alpha value is -1.21. The third-order valence-corrected chi connectivity index (χ3v) is 5.69. The zero-order valence-electron chi connectivity index (χ0n) is 19.1. The average Bonchev–Trinajstić information content (AvgIpc) is 2.59. The maximum Gasteiger partial charge on any atom is 0.279 e. The van der Waals surface area contributed by atoms with Crippen LogP contribution in [0.15, 0.2) is 30.3 Å². The molecule has 1 aromatic carbocycles. The number of carbonyl (C=O) groups is 1. The molecule has 6 heteroatoms. The van der Waals surface area contributed by atoms with E-state index in [1.165, 1.54) is 12.2 Å². The normalized spacial score (nSPS) is 16.5. The predicted octanol–water partition coefficient (Wildman–Crippen LogP) is 4.42. The highest BCUT2D eigenvalue weighted by Gasteiger charge is 2.48. The highest BCUT2D eigenvalue weighted by atomic mass is 28.3. The highest BCUT2D eigenvalue weighted by Crippen LogP contribution is 2.35. The first kappa shape index (κ1) is 24.8. The Morgan fingerprint density at radius 2 is 1.71 bits per heavy atom. The van der Waals surface area contributed by atoms with Crippen LogP contribution in [0.4, 0.5) is 0 Å². The summed E-state index contributed by atoms with van der Waals surface area (Å²) in [6.45, 7) is 15.2. The van der Waals surface area contributed by atoms with E-state index < -0.39 is 20.7 Å². The van der Waals surface area contributed by atoms with Gasteiger partial charge < -0.3 is 9.16 Å². The first-order valence-corrected chi connectivity index (χ1v) is 12.8. The molecule has 0 bridgehead atoms. The molecule has 1 rings (SSSR count). The number of rotatable bonds is 10. The molecule has 0 aromatic heterocycles. The van der Waals surface area contributed by atoms with Crippen molar-refractivity contribution < 1.29 is 18.8 Å². The summed E-state index contributed by atoms with van der Waals surface area (Å²) in [5.41, 5.74) is 0.0808. The van der Waals surface area contributed by atoms with Crippen molar-refractivity contribution in [3.8, 4) is 0 Å². The molecule has 0 radical (unpaired) electrons. The third kappa shape index (κ3) is 7.31. The number of amides is 1. The molecule has 0 N–H and O–H groups in total. The third-order valence-electron chi connectivity index (χ3n) is 4.73. The molecular weight excluding hydrogens is 370 g/mol. The van der Waals surface area contributed by atoms with Crippen molar-refractivity contribution in [3.05, 3.63) is 35.9 Å². The van der Waals surface area contributed by atoms with Gasteiger partial charge in [0.2, 0.25) is 0 Å². The van der Waals surface area contributed by atoms with Crippen molar-refractivity contribution in [2.24, 2.45) is 11.3 Å². The first-order chi connectivity index (χ1) is 12.9. The zero-order valence-corrected chi connectivity index (χ0v) is 20.3. The number of carbonyl (C=O) groups excluding carboxylic acids is 1. The quantitative estimate of drug-likeness (QED) is 0.424. The molecule has 28 heavy (non-hydrogen) atoms. The van der Waals surface area contributed by atoms with E-state index in [9.17, 15) is 4.79 Å². The molecule has 0 fully saturated rings. The lowest BCUT2D eigenvalue weighted by molar-refractivity contribution is -0.202. The van der Waals surface area contributed by atoms with Crippen molar-refractivity contribution in [3.63, 3.8) is 0 Å². The molecule has 1 aromatic rings. The summed E-state index contributed by atoms with van der Waals surface area (Å²) < 4.78 is 12.8. The van der Waals surface area contributed by atoms with E-state index in [1.807, 2.05) is 37.3 Å². The molecule has 0 spiro atoms. The number of nitrogens with zero attached hydrogens (tertiary/aromatic N) is 1. The van der Waals surface area contributed by atoms with E-state index in [2.05, 4.69) is 40.8 Å². The molecule has 0 aliphatic heterocycles. The fourth-order valence-corrected chi connectivity index (χ4v) is 5.04. The second kappa shape index (κ2) is 10.5. The summed E-state index contributed by atoms with van der Waals surface area (Å²) in [4.78, 5) is 18.5. The Morgan fingerprint density at radius 1 is 1.14 bits per heavy atom. The molecule has 0 heterocycles. The van der Waals surface area contributed by atoms with Crippen LogP contribution in [0.3, 0.4) is 0 Å². The van der Waals surface area contributed by atoms with Gasteiger partial charge in [0.05, 0.1) is 19.8 Å². The van der Waals surface area contributed by atoms with Crippen LogP contribution in [0.1, 0.15) is 46.6 Å². The van der Waals surface area contributed by atoms with Crippen LogP contribution in [0.25, 0.3) is 0 Å². The summed E-state index contributed by atoms with van der Waals surface area (Å²) in [5.74, 6) is -0.0920. The van der Waals surface area contributed by atoms with Gasteiger partial charge in [0.15, 0.2) is 14.6 Å². The van der Waals surface area contributed by atoms with E-state index in [0.29, 0.717) is 6.61 Å². The molecule has 5 nitrogen and oxygen atoms in total. The van der Waals surface area contributed by atoms with E-state index in [1.54, 1.807) is 7.05 Å². The topological polar surface area (TPSA) is 48.0 Å². The van der Waals surface area contributed by atoms with Crippen molar-refractivity contribution in [1.82, 2.24) is 5.06 Å². The van der Waals surface area contributed by atoms with Gasteiger partial charge in [-0.2, -0.15) is 0 Å². The number of benzene rings is 1. The van der Waals surface area contributed by atoms with E-state index in [0.717, 1.165) is 12.0 Å². The molecule has 0 saturated carbocycles. The molecule has 3 atom stereocenters. The largest absolute Gasteiger partial charge is 0.405 e. The van der Waals surface area contributed by atoms with Gasteiger partial charge in [-0.1, -0.05) is 58.0 Å². The van der Waals surface area contributed by atoms with Crippen molar-refractivity contribution >= 4 is 14.9 Å². The summed E-state index contributed by atoms with van der Waals surface area (Å²) in [7, 11) is 1.57. The molecular formula is C22H39NO4Si. The zero-order chi connectivity index (χ0) is 21.5. The van der Waals surface area contributed by atoms with Gasteiger partial charge in [-0.15, -0.1) is 0 Å². The van der Waals surface area contributed by atoms with Crippen molar-refractivity contribution in [2.45, 2.75) is 72.4 Å². The molecule has 0 saturated heterocycles. The van der Waals surface area contributed by atoms with Gasteiger partial charge in [-0.05, 0) is 43.3 Å². The second-order valence-corrected chi connectivity index (χ2v) is 11.6. The van der Waals surface area contributed by atoms with Gasteiger partial charge >= 0.3 is 0 Å². The minimum atomic E-state index is -1.54. The number of hydrogen-bond acceptors (Lipinski definition) is 4. The van der Waals surface area contributed by atoms with E-state index in [4.69, 9.17) is 14.0 Å². The number of ether oxygens (including phenoxy) is 1. The van der Waals surface area contributed by atoms with Crippen molar-refractivity contribution in [2.75, 3.05) is 14.2 Å². The molecule has 0 aliphatic rings. The lowest BCUT2D eigenvalue weighted by Crippen LogP contribution is -2.59. The smallest absolute Gasteiger partial charge is 0.279 e. The molecule has 3 unspecified atom stereocenters. The van der Waals surface area contributed by atoms with Crippen LogP contribution >= 0.6 is 0 Å². The highest BCUT2D eigenvalue weighted by molar-refractivity contribution is 6.48. The lowest BCUT2D eigenvalue weighted by atomic mass is 9.78. The Morgan fingerprint density at radius 3 is 2.18 bits per heavy atom. The van der Waals surface area contributed by atoms with Crippen LogP contribution in [-0.4, -0.2) is 45.9 Å². The number of hydrogen-bond donors (Lipinski definition) is 0. The van der Waals surface area contributed by atoms with Crippen LogP contribution in [0.5, 0.6) is 0 Å². The predicted molar refractivity (Wildman–Crippen MR) is 116 cm³/mol. The monoisotopic (exact) mass is 409 g/mol. The van der Waals surface area contributed by atoms with Crippen LogP contribution in [-0.2, 0) is 25.4 Å². The Labute approximate surface area is 173 Å². The number of hydroxylamine groups is 2. The standard InChI is InChI=1S/C22H39NO4Si/c1-17(15-21(2,3)4)19(26-16-18-13-11-10-12-14-18)22(5,27-28(8)9)20(24)23(6)25-7/h10-14,17,19,28H,15-16H2,1-9H3. The summed E-state index contributed by atoms with van der Waals surface area (Å²) in [5, 5.41) is 1.25.